The van der Waals surface area contributed by atoms with Crippen molar-refractivity contribution in [2.24, 2.45) is 0 Å². The fraction of sp³-hybridized carbons (Fsp3) is 0.100. The lowest BCUT2D eigenvalue weighted by atomic mass is 10.3. The van der Waals surface area contributed by atoms with Crippen molar-refractivity contribution in [2.75, 3.05) is 6.26 Å². The van der Waals surface area contributed by atoms with Crippen molar-refractivity contribution < 1.29 is 8.83 Å². The molecule has 0 aliphatic rings. The minimum Gasteiger partial charge on any atom is -0.461 e. The van der Waals surface area contributed by atoms with Crippen molar-refractivity contribution in [3.8, 4) is 11.5 Å². The molecule has 0 N–H and O–H groups in total. The summed E-state index contributed by atoms with van der Waals surface area (Å²) < 4.78 is 10.1. The Bertz CT molecular complexity index is 470. The first-order valence-corrected chi connectivity index (χ1v) is 5.25. The van der Waals surface area contributed by atoms with Crippen LogP contribution < -0.4 is 5.63 Å². The van der Waals surface area contributed by atoms with E-state index in [1.54, 1.807) is 24.5 Å². The van der Waals surface area contributed by atoms with E-state index in [0.29, 0.717) is 11.5 Å². The molecule has 0 aromatic carbocycles. The first-order valence-electron chi connectivity index (χ1n) is 4.02. The van der Waals surface area contributed by atoms with Gasteiger partial charge in [0.05, 0.1) is 6.26 Å². The number of rotatable bonds is 2. The molecule has 14 heavy (non-hydrogen) atoms. The van der Waals surface area contributed by atoms with Crippen molar-refractivity contribution in [1.82, 2.24) is 0 Å². The topological polar surface area (TPSA) is 43.4 Å². The lowest BCUT2D eigenvalue weighted by molar-refractivity contribution is 0.487. The highest BCUT2D eigenvalue weighted by Gasteiger charge is 2.05. The molecule has 0 saturated carbocycles. The smallest absolute Gasteiger partial charge is 0.337 e. The Morgan fingerprint density at radius 1 is 1.29 bits per heavy atom. The first-order chi connectivity index (χ1) is 6.79. The van der Waals surface area contributed by atoms with Crippen molar-refractivity contribution in [1.29, 1.82) is 0 Å². The van der Waals surface area contributed by atoms with Gasteiger partial charge in [0.15, 0.2) is 11.5 Å². The molecule has 2 aromatic heterocycles. The van der Waals surface area contributed by atoms with Crippen LogP contribution in [0.15, 0.2) is 49.1 Å². The summed E-state index contributed by atoms with van der Waals surface area (Å²) in [5.41, 5.74) is -0.358. The number of furan rings is 1. The third kappa shape index (κ3) is 1.75. The van der Waals surface area contributed by atoms with E-state index in [0.717, 1.165) is 4.90 Å². The zero-order chi connectivity index (χ0) is 9.97. The quantitative estimate of drug-likeness (QED) is 0.711. The van der Waals surface area contributed by atoms with Gasteiger partial charge in [0.2, 0.25) is 0 Å². The fourth-order valence-electron chi connectivity index (χ4n) is 1.11. The van der Waals surface area contributed by atoms with Crippen LogP contribution in [0.5, 0.6) is 0 Å². The zero-order valence-corrected chi connectivity index (χ0v) is 8.34. The molecule has 0 radical (unpaired) electrons. The van der Waals surface area contributed by atoms with Crippen LogP contribution in [-0.4, -0.2) is 6.26 Å². The summed E-state index contributed by atoms with van der Waals surface area (Å²) in [4.78, 5) is 12.0. The summed E-state index contributed by atoms with van der Waals surface area (Å²) in [6.45, 7) is 0. The van der Waals surface area contributed by atoms with Crippen molar-refractivity contribution >= 4 is 11.8 Å². The van der Waals surface area contributed by atoms with Crippen LogP contribution >= 0.6 is 11.8 Å². The largest absolute Gasteiger partial charge is 0.461 e. The van der Waals surface area contributed by atoms with Crippen molar-refractivity contribution in [2.45, 2.75) is 4.90 Å². The summed E-state index contributed by atoms with van der Waals surface area (Å²) in [5, 5.41) is 0. The Hall–Kier alpha value is -1.42. The van der Waals surface area contributed by atoms with Crippen LogP contribution in [-0.2, 0) is 0 Å². The summed E-state index contributed by atoms with van der Waals surface area (Å²) in [6, 6.07) is 6.74. The second-order valence-corrected chi connectivity index (χ2v) is 3.54. The maximum atomic E-state index is 11.1. The second kappa shape index (κ2) is 3.75. The Labute approximate surface area is 84.7 Å². The first kappa shape index (κ1) is 9.15. The highest BCUT2D eigenvalue weighted by molar-refractivity contribution is 7.98. The minimum atomic E-state index is -0.358. The predicted molar refractivity (Wildman–Crippen MR) is 54.5 cm³/mol. The van der Waals surface area contributed by atoms with Crippen LogP contribution in [0, 0.1) is 0 Å². The van der Waals surface area contributed by atoms with Gasteiger partial charge in [-0.25, -0.2) is 4.79 Å². The Morgan fingerprint density at radius 3 is 2.79 bits per heavy atom. The number of thioether (sulfide) groups is 1. The van der Waals surface area contributed by atoms with Crippen molar-refractivity contribution in [3.63, 3.8) is 0 Å². The van der Waals surface area contributed by atoms with Crippen molar-refractivity contribution in [3.05, 3.63) is 40.9 Å². The molecule has 0 unspecified atom stereocenters. The average molecular weight is 208 g/mol. The van der Waals surface area contributed by atoms with E-state index < -0.39 is 0 Å². The monoisotopic (exact) mass is 208 g/mol. The van der Waals surface area contributed by atoms with Gasteiger partial charge in [-0.15, -0.1) is 11.8 Å². The van der Waals surface area contributed by atoms with E-state index >= 15 is 0 Å². The Balaban J connectivity index is 2.54. The second-order valence-electron chi connectivity index (χ2n) is 2.66. The van der Waals surface area contributed by atoms with E-state index in [1.807, 2.05) is 6.26 Å². The number of hydrogen-bond acceptors (Lipinski definition) is 4. The molecule has 0 saturated heterocycles. The summed E-state index contributed by atoms with van der Waals surface area (Å²) in [7, 11) is 0. The van der Waals surface area contributed by atoms with E-state index in [4.69, 9.17) is 8.83 Å². The van der Waals surface area contributed by atoms with E-state index in [2.05, 4.69) is 0 Å². The summed E-state index contributed by atoms with van der Waals surface area (Å²) in [6.07, 6.45) is 3.45. The third-order valence-corrected chi connectivity index (χ3v) is 2.45. The zero-order valence-electron chi connectivity index (χ0n) is 7.52. The SMILES string of the molecule is CSc1cc(-c2ccco2)oc(=O)c1. The molecule has 0 bridgehead atoms. The molecule has 72 valence electrons. The van der Waals surface area contributed by atoms with Gasteiger partial charge in [0.25, 0.3) is 0 Å². The molecule has 0 spiro atoms. The molecule has 0 aliphatic heterocycles. The minimum absolute atomic E-state index is 0.358. The van der Waals surface area contributed by atoms with E-state index in [9.17, 15) is 4.79 Å². The van der Waals surface area contributed by atoms with Crippen LogP contribution in [0.25, 0.3) is 11.5 Å². The Morgan fingerprint density at radius 2 is 2.14 bits per heavy atom. The maximum Gasteiger partial charge on any atom is 0.337 e. The normalized spacial score (nSPS) is 10.4. The number of hydrogen-bond donors (Lipinski definition) is 0. The van der Waals surface area contributed by atoms with Gasteiger partial charge in [0, 0.05) is 11.0 Å². The van der Waals surface area contributed by atoms with Gasteiger partial charge in [-0.3, -0.25) is 0 Å². The van der Waals surface area contributed by atoms with E-state index in [1.165, 1.54) is 17.8 Å². The fourth-order valence-corrected chi connectivity index (χ4v) is 1.55. The molecular formula is C10H8O3S. The van der Waals surface area contributed by atoms with Gasteiger partial charge in [-0.05, 0) is 24.5 Å². The van der Waals surface area contributed by atoms with Gasteiger partial charge < -0.3 is 8.83 Å². The predicted octanol–water partition coefficient (Wildman–Crippen LogP) is 2.62. The third-order valence-electron chi connectivity index (χ3n) is 1.74. The molecule has 0 fully saturated rings. The molecule has 0 aliphatic carbocycles. The molecule has 2 aromatic rings. The molecule has 2 heterocycles. The lowest BCUT2D eigenvalue weighted by Crippen LogP contribution is -1.97. The highest BCUT2D eigenvalue weighted by Crippen LogP contribution is 2.22. The molecule has 4 heteroatoms. The van der Waals surface area contributed by atoms with Gasteiger partial charge in [-0.2, -0.15) is 0 Å². The van der Waals surface area contributed by atoms with Crippen LogP contribution in [0.4, 0.5) is 0 Å². The van der Waals surface area contributed by atoms with Crippen LogP contribution in [0.2, 0.25) is 0 Å². The van der Waals surface area contributed by atoms with Gasteiger partial charge in [-0.1, -0.05) is 0 Å². The molecule has 0 amide bonds. The van der Waals surface area contributed by atoms with Gasteiger partial charge in [0.1, 0.15) is 0 Å². The standard InChI is InChI=1S/C10H8O3S/c1-14-7-5-9(13-10(11)6-7)8-3-2-4-12-8/h2-6H,1H3. The molecule has 2 rings (SSSR count). The maximum absolute atomic E-state index is 11.1. The average Bonchev–Trinajstić information content (AvgIpc) is 2.69. The molecule has 0 atom stereocenters. The van der Waals surface area contributed by atoms with E-state index in [-0.39, 0.29) is 5.63 Å². The van der Waals surface area contributed by atoms with Crippen LogP contribution in [0.1, 0.15) is 0 Å². The van der Waals surface area contributed by atoms with Crippen LogP contribution in [0.3, 0.4) is 0 Å². The Kier molecular flexibility index (Phi) is 2.45. The summed E-state index contributed by atoms with van der Waals surface area (Å²) >= 11 is 1.49. The molecule has 3 nitrogen and oxygen atoms in total. The molecular weight excluding hydrogens is 200 g/mol. The van der Waals surface area contributed by atoms with Gasteiger partial charge >= 0.3 is 5.63 Å². The highest BCUT2D eigenvalue weighted by atomic mass is 32.2. The summed E-state index contributed by atoms with van der Waals surface area (Å²) in [5.74, 6) is 1.03. The lowest BCUT2D eigenvalue weighted by Gasteiger charge is -1.97.